The quantitative estimate of drug-likeness (QED) is 0.239. The summed E-state index contributed by atoms with van der Waals surface area (Å²) in [5.74, 6) is 1.32. The number of aromatic nitrogens is 3. The molecular weight excluding hydrogens is 513 g/mol. The van der Waals surface area contributed by atoms with E-state index < -0.39 is 6.04 Å². The van der Waals surface area contributed by atoms with Gasteiger partial charge in [0.25, 0.3) is 5.91 Å². The number of methoxy groups -OCH3 is 1. The molecule has 0 fully saturated rings. The van der Waals surface area contributed by atoms with Crippen molar-refractivity contribution in [1.29, 1.82) is 0 Å². The molecule has 9 heteroatoms. The molecule has 0 saturated heterocycles. The lowest BCUT2D eigenvalue weighted by molar-refractivity contribution is -0.113. The first-order valence-corrected chi connectivity index (χ1v) is 13.7. The normalized spacial score (nSPS) is 14.7. The summed E-state index contributed by atoms with van der Waals surface area (Å²) in [6.07, 6.45) is 0. The number of carbonyl (C=O) groups is 1. The number of anilines is 2. The lowest BCUT2D eigenvalue weighted by Gasteiger charge is -2.29. The molecule has 7 nitrogen and oxygen atoms in total. The minimum absolute atomic E-state index is 0.261. The van der Waals surface area contributed by atoms with Crippen LogP contribution in [0, 0.1) is 5.82 Å². The van der Waals surface area contributed by atoms with Gasteiger partial charge in [0, 0.05) is 11.4 Å². The molecule has 39 heavy (non-hydrogen) atoms. The number of allylic oxidation sites excluding steroid dienone is 1. The third-order valence-corrected chi connectivity index (χ3v) is 7.55. The summed E-state index contributed by atoms with van der Waals surface area (Å²) in [5, 5.41) is 11.5. The molecule has 3 aromatic carbocycles. The summed E-state index contributed by atoms with van der Waals surface area (Å²) in [5.41, 5.74) is 4.45. The fourth-order valence-electron chi connectivity index (χ4n) is 4.55. The first-order valence-electron chi connectivity index (χ1n) is 12.7. The Morgan fingerprint density at radius 3 is 2.54 bits per heavy atom. The smallest absolute Gasteiger partial charge is 0.255 e. The number of nitrogens with one attached hydrogen (secondary N) is 2. The maximum Gasteiger partial charge on any atom is 0.255 e. The third-order valence-electron chi connectivity index (χ3n) is 6.67. The molecule has 0 radical (unpaired) electrons. The van der Waals surface area contributed by atoms with E-state index in [2.05, 4.69) is 41.6 Å². The third kappa shape index (κ3) is 5.54. The van der Waals surface area contributed by atoms with E-state index in [0.29, 0.717) is 51.0 Å². The van der Waals surface area contributed by atoms with Crippen LogP contribution in [0.25, 0.3) is 0 Å². The highest BCUT2D eigenvalue weighted by Gasteiger charge is 2.34. The highest BCUT2D eigenvalue weighted by atomic mass is 32.2. The first-order chi connectivity index (χ1) is 18.9. The molecule has 0 spiro atoms. The molecule has 2 heterocycles. The number of nitrogens with zero attached hydrogens (tertiary/aromatic N) is 3. The number of para-hydroxylation sites is 2. The lowest BCUT2D eigenvalue weighted by Crippen LogP contribution is -2.31. The van der Waals surface area contributed by atoms with Crippen molar-refractivity contribution in [2.75, 3.05) is 17.7 Å². The first kappa shape index (κ1) is 26.5. The summed E-state index contributed by atoms with van der Waals surface area (Å²) in [6, 6.07) is 21.7. The largest absolute Gasteiger partial charge is 0.495 e. The number of rotatable bonds is 8. The molecule has 1 aliphatic heterocycles. The second-order valence-corrected chi connectivity index (χ2v) is 10.5. The fraction of sp³-hybridized carbons (Fsp3) is 0.233. The van der Waals surface area contributed by atoms with Crippen LogP contribution < -0.4 is 15.4 Å². The Morgan fingerprint density at radius 2 is 1.82 bits per heavy atom. The van der Waals surface area contributed by atoms with E-state index in [-0.39, 0.29) is 11.7 Å². The number of fused-ring (bicyclic) bond motifs is 1. The predicted molar refractivity (Wildman–Crippen MR) is 153 cm³/mol. The van der Waals surface area contributed by atoms with Gasteiger partial charge in [0.2, 0.25) is 11.1 Å². The average Bonchev–Trinajstić information content (AvgIpc) is 3.34. The Bertz CT molecular complexity index is 1530. The molecule has 0 bridgehead atoms. The van der Waals surface area contributed by atoms with Crippen molar-refractivity contribution in [3.8, 4) is 5.75 Å². The summed E-state index contributed by atoms with van der Waals surface area (Å²) in [7, 11) is 1.57. The molecule has 200 valence electrons. The van der Waals surface area contributed by atoms with Gasteiger partial charge >= 0.3 is 0 Å². The molecule has 1 amide bonds. The molecule has 2 N–H and O–H groups in total. The van der Waals surface area contributed by atoms with Crippen molar-refractivity contribution in [2.45, 2.75) is 43.6 Å². The molecule has 5 rings (SSSR count). The number of hydrogen-bond acceptors (Lipinski definition) is 6. The maximum absolute atomic E-state index is 14.2. The second kappa shape index (κ2) is 11.3. The number of thioether (sulfide) groups is 1. The zero-order valence-electron chi connectivity index (χ0n) is 22.2. The van der Waals surface area contributed by atoms with E-state index in [9.17, 15) is 9.18 Å². The summed E-state index contributed by atoms with van der Waals surface area (Å²) in [4.78, 5) is 18.5. The van der Waals surface area contributed by atoms with Gasteiger partial charge in [-0.1, -0.05) is 80.2 Å². The van der Waals surface area contributed by atoms with Crippen molar-refractivity contribution in [1.82, 2.24) is 14.8 Å². The van der Waals surface area contributed by atoms with E-state index in [0.717, 1.165) is 5.56 Å². The average molecular weight is 544 g/mol. The van der Waals surface area contributed by atoms with Crippen molar-refractivity contribution in [3.63, 3.8) is 0 Å². The van der Waals surface area contributed by atoms with Crippen molar-refractivity contribution >= 4 is 29.3 Å². The molecule has 1 aliphatic rings. The van der Waals surface area contributed by atoms with Crippen LogP contribution in [0.2, 0.25) is 0 Å². The Morgan fingerprint density at radius 1 is 1.10 bits per heavy atom. The van der Waals surface area contributed by atoms with Gasteiger partial charge in [-0.05, 0) is 47.7 Å². The van der Waals surface area contributed by atoms with Gasteiger partial charge < -0.3 is 15.4 Å². The second-order valence-electron chi connectivity index (χ2n) is 9.58. The standard InChI is InChI=1S/C30H30FN5O2S/c1-18(2)20-13-15-21(16-14-20)27-26(28(37)33-24-11-7-8-12-25(24)38-4)19(3)32-29-34-30(35-36(27)29)39-17-22-9-5-6-10-23(22)31/h5-16,18,27H,17H2,1-4H3,(H,33,37)(H,32,34,35)/t27-/m0/s1. The van der Waals surface area contributed by atoms with Crippen LogP contribution in [0.3, 0.4) is 0 Å². The number of ether oxygens (including phenoxy) is 1. The van der Waals surface area contributed by atoms with E-state index in [1.807, 2.05) is 37.3 Å². The number of carbonyl (C=O) groups excluding carboxylic acids is 1. The fourth-order valence-corrected chi connectivity index (χ4v) is 5.37. The van der Waals surface area contributed by atoms with Crippen LogP contribution in [0.5, 0.6) is 5.75 Å². The summed E-state index contributed by atoms with van der Waals surface area (Å²) >= 11 is 1.34. The lowest BCUT2D eigenvalue weighted by atomic mass is 9.92. The van der Waals surface area contributed by atoms with Crippen LogP contribution >= 0.6 is 11.8 Å². The van der Waals surface area contributed by atoms with Crippen molar-refractivity contribution in [2.24, 2.45) is 0 Å². The monoisotopic (exact) mass is 543 g/mol. The highest BCUT2D eigenvalue weighted by Crippen LogP contribution is 2.38. The van der Waals surface area contributed by atoms with Gasteiger partial charge in [0.05, 0.1) is 18.4 Å². The maximum atomic E-state index is 14.2. The van der Waals surface area contributed by atoms with Gasteiger partial charge in [-0.25, -0.2) is 9.07 Å². The number of hydrogen-bond donors (Lipinski definition) is 2. The van der Waals surface area contributed by atoms with Crippen LogP contribution in [-0.4, -0.2) is 27.8 Å². The Hall–Kier alpha value is -4.11. The highest BCUT2D eigenvalue weighted by molar-refractivity contribution is 7.98. The Labute approximate surface area is 231 Å². The van der Waals surface area contributed by atoms with Crippen LogP contribution in [0.4, 0.5) is 16.0 Å². The minimum Gasteiger partial charge on any atom is -0.495 e. The molecule has 0 unspecified atom stereocenters. The molecule has 1 atom stereocenters. The summed E-state index contributed by atoms with van der Waals surface area (Å²) < 4.78 is 21.4. The van der Waals surface area contributed by atoms with Gasteiger partial charge in [-0.3, -0.25) is 4.79 Å². The van der Waals surface area contributed by atoms with Crippen molar-refractivity contribution < 1.29 is 13.9 Å². The molecule has 1 aromatic heterocycles. The van der Waals surface area contributed by atoms with Crippen LogP contribution in [0.1, 0.15) is 49.4 Å². The Kier molecular flexibility index (Phi) is 7.70. The van der Waals surface area contributed by atoms with Crippen LogP contribution in [-0.2, 0) is 10.5 Å². The predicted octanol–water partition coefficient (Wildman–Crippen LogP) is 6.77. The summed E-state index contributed by atoms with van der Waals surface area (Å²) in [6.45, 7) is 6.14. The number of amides is 1. The minimum atomic E-state index is -0.521. The molecule has 0 saturated carbocycles. The van der Waals surface area contributed by atoms with E-state index in [4.69, 9.17) is 9.84 Å². The van der Waals surface area contributed by atoms with Gasteiger partial charge in [0.1, 0.15) is 17.6 Å². The number of benzene rings is 3. The van der Waals surface area contributed by atoms with E-state index in [1.54, 1.807) is 36.1 Å². The zero-order chi connectivity index (χ0) is 27.5. The van der Waals surface area contributed by atoms with Gasteiger partial charge in [-0.15, -0.1) is 5.10 Å². The van der Waals surface area contributed by atoms with E-state index >= 15 is 0 Å². The topological polar surface area (TPSA) is 81.1 Å². The molecule has 0 aliphatic carbocycles. The van der Waals surface area contributed by atoms with E-state index in [1.165, 1.54) is 23.4 Å². The van der Waals surface area contributed by atoms with Crippen LogP contribution in [0.15, 0.2) is 89.2 Å². The van der Waals surface area contributed by atoms with Gasteiger partial charge in [0.15, 0.2) is 0 Å². The Balaban J connectivity index is 1.51. The molecular formula is C30H30FN5O2S. The van der Waals surface area contributed by atoms with Crippen molar-refractivity contribution in [3.05, 3.63) is 107 Å². The van der Waals surface area contributed by atoms with Gasteiger partial charge in [-0.2, -0.15) is 4.98 Å². The number of halogens is 1. The molecule has 4 aromatic rings. The zero-order valence-corrected chi connectivity index (χ0v) is 23.1. The SMILES string of the molecule is COc1ccccc1NC(=O)C1=C(C)Nc2nc(SCc3ccccc3F)nn2[C@H]1c1ccc(C(C)C)cc1.